The zero-order valence-corrected chi connectivity index (χ0v) is 14.3. The Morgan fingerprint density at radius 3 is 2.70 bits per heavy atom. The fraction of sp³-hybridized carbons (Fsp3) is 0.353. The summed E-state index contributed by atoms with van der Waals surface area (Å²) in [6, 6.07) is 7.59. The Bertz CT molecular complexity index is 794. The van der Waals surface area contributed by atoms with E-state index in [-0.39, 0.29) is 12.5 Å². The third-order valence-electron chi connectivity index (χ3n) is 4.01. The standard InChI is InChI=1S/C17H19ClN4O/c1-4-7-13-15-16(11-8-5-6-9-12(11)18)19-10-14(23)21(2)17(15)22(3)20-13/h5-6,8-9H,4,7,10H2,1-3H3. The lowest BCUT2D eigenvalue weighted by atomic mass is 10.00. The molecule has 120 valence electrons. The summed E-state index contributed by atoms with van der Waals surface area (Å²) in [6.45, 7) is 2.22. The van der Waals surface area contributed by atoms with Crippen molar-refractivity contribution in [2.75, 3.05) is 18.5 Å². The zero-order valence-electron chi connectivity index (χ0n) is 13.5. The van der Waals surface area contributed by atoms with Gasteiger partial charge in [0.25, 0.3) is 0 Å². The summed E-state index contributed by atoms with van der Waals surface area (Å²) >= 11 is 6.38. The number of likely N-dealkylation sites (N-methyl/N-ethyl adjacent to an activating group) is 1. The molecule has 2 aromatic rings. The number of fused-ring (bicyclic) bond motifs is 1. The maximum atomic E-state index is 12.3. The van der Waals surface area contributed by atoms with Crippen LogP contribution in [0.2, 0.25) is 5.02 Å². The van der Waals surface area contributed by atoms with Gasteiger partial charge in [-0.3, -0.25) is 19.4 Å². The number of anilines is 1. The van der Waals surface area contributed by atoms with Gasteiger partial charge < -0.3 is 0 Å². The summed E-state index contributed by atoms with van der Waals surface area (Å²) in [5, 5.41) is 5.24. The third kappa shape index (κ3) is 2.65. The van der Waals surface area contributed by atoms with E-state index < -0.39 is 0 Å². The van der Waals surface area contributed by atoms with Gasteiger partial charge in [-0.25, -0.2) is 0 Å². The van der Waals surface area contributed by atoms with Crippen LogP contribution >= 0.6 is 11.6 Å². The summed E-state index contributed by atoms with van der Waals surface area (Å²) in [7, 11) is 3.63. The van der Waals surface area contributed by atoms with Crippen molar-refractivity contribution >= 4 is 29.0 Å². The smallest absolute Gasteiger partial charge is 0.249 e. The number of halogens is 1. The van der Waals surface area contributed by atoms with Gasteiger partial charge >= 0.3 is 0 Å². The number of aliphatic imine (C=N–C) groups is 1. The molecule has 5 nitrogen and oxygen atoms in total. The van der Waals surface area contributed by atoms with Gasteiger partial charge in [-0.2, -0.15) is 5.10 Å². The Morgan fingerprint density at radius 2 is 2.00 bits per heavy atom. The second kappa shape index (κ2) is 6.16. The van der Waals surface area contributed by atoms with E-state index in [9.17, 15) is 4.79 Å². The fourth-order valence-corrected chi connectivity index (χ4v) is 3.16. The van der Waals surface area contributed by atoms with Gasteiger partial charge in [-0.1, -0.05) is 43.1 Å². The van der Waals surface area contributed by atoms with Crippen molar-refractivity contribution in [3.05, 3.63) is 46.1 Å². The van der Waals surface area contributed by atoms with Gasteiger partial charge in [0, 0.05) is 24.7 Å². The number of carbonyl (C=O) groups is 1. The molecule has 0 aliphatic carbocycles. The normalized spacial score (nSPS) is 14.5. The first-order valence-corrected chi connectivity index (χ1v) is 8.04. The summed E-state index contributed by atoms with van der Waals surface area (Å²) in [5.74, 6) is 0.717. The lowest BCUT2D eigenvalue weighted by Crippen LogP contribution is -2.29. The van der Waals surface area contributed by atoms with Crippen LogP contribution in [0.3, 0.4) is 0 Å². The number of amides is 1. The van der Waals surface area contributed by atoms with Crippen molar-refractivity contribution in [3.63, 3.8) is 0 Å². The van der Waals surface area contributed by atoms with Gasteiger partial charge in [0.1, 0.15) is 12.4 Å². The number of nitrogens with zero attached hydrogens (tertiary/aromatic N) is 4. The minimum Gasteiger partial charge on any atom is -0.298 e. The molecule has 0 radical (unpaired) electrons. The fourth-order valence-electron chi connectivity index (χ4n) is 2.93. The largest absolute Gasteiger partial charge is 0.298 e. The van der Waals surface area contributed by atoms with Crippen LogP contribution < -0.4 is 4.90 Å². The molecule has 1 aliphatic rings. The molecule has 0 spiro atoms. The summed E-state index contributed by atoms with van der Waals surface area (Å²) in [6.07, 6.45) is 1.80. The molecule has 0 N–H and O–H groups in total. The van der Waals surface area contributed by atoms with Gasteiger partial charge in [0.15, 0.2) is 0 Å². The Balaban J connectivity index is 2.28. The molecule has 0 fully saturated rings. The minimum absolute atomic E-state index is 0.0562. The molecule has 1 amide bonds. The van der Waals surface area contributed by atoms with Gasteiger partial charge in [-0.05, 0) is 12.5 Å². The zero-order chi connectivity index (χ0) is 16.6. The van der Waals surface area contributed by atoms with Crippen LogP contribution in [-0.2, 0) is 18.3 Å². The van der Waals surface area contributed by atoms with Crippen molar-refractivity contribution in [1.82, 2.24) is 9.78 Å². The number of carbonyl (C=O) groups excluding carboxylic acids is 1. The van der Waals surface area contributed by atoms with Crippen LogP contribution in [-0.4, -0.2) is 35.0 Å². The molecule has 1 aliphatic heterocycles. The van der Waals surface area contributed by atoms with E-state index in [1.807, 2.05) is 31.3 Å². The van der Waals surface area contributed by atoms with E-state index >= 15 is 0 Å². The molecular weight excluding hydrogens is 312 g/mol. The monoisotopic (exact) mass is 330 g/mol. The van der Waals surface area contributed by atoms with Crippen LogP contribution in [0, 0.1) is 0 Å². The van der Waals surface area contributed by atoms with Crippen LogP contribution in [0.4, 0.5) is 5.82 Å². The molecule has 2 heterocycles. The average Bonchev–Trinajstić information content (AvgIpc) is 2.77. The number of aromatic nitrogens is 2. The van der Waals surface area contributed by atoms with Crippen molar-refractivity contribution < 1.29 is 4.79 Å². The molecule has 3 rings (SSSR count). The molecule has 0 bridgehead atoms. The molecule has 1 aromatic heterocycles. The summed E-state index contributed by atoms with van der Waals surface area (Å²) < 4.78 is 1.76. The van der Waals surface area contributed by atoms with Crippen LogP contribution in [0.25, 0.3) is 0 Å². The van der Waals surface area contributed by atoms with E-state index in [4.69, 9.17) is 11.6 Å². The van der Waals surface area contributed by atoms with Crippen LogP contribution in [0.5, 0.6) is 0 Å². The topological polar surface area (TPSA) is 50.5 Å². The molecule has 0 unspecified atom stereocenters. The average molecular weight is 331 g/mol. The quantitative estimate of drug-likeness (QED) is 0.869. The minimum atomic E-state index is -0.0562. The van der Waals surface area contributed by atoms with Crippen molar-refractivity contribution in [3.8, 4) is 0 Å². The van der Waals surface area contributed by atoms with E-state index in [0.717, 1.165) is 41.2 Å². The van der Waals surface area contributed by atoms with Gasteiger partial charge in [0.2, 0.25) is 5.91 Å². The number of hydrogen-bond acceptors (Lipinski definition) is 3. The first-order chi connectivity index (χ1) is 11.0. The van der Waals surface area contributed by atoms with E-state index in [0.29, 0.717) is 5.02 Å². The molecular formula is C17H19ClN4O. The molecule has 23 heavy (non-hydrogen) atoms. The SMILES string of the molecule is CCCc1nn(C)c2c1C(c1ccccc1Cl)=NCC(=O)N2C. The van der Waals surface area contributed by atoms with Crippen molar-refractivity contribution in [1.29, 1.82) is 0 Å². The van der Waals surface area contributed by atoms with Crippen molar-refractivity contribution in [2.24, 2.45) is 12.0 Å². The highest BCUT2D eigenvalue weighted by Crippen LogP contribution is 2.31. The van der Waals surface area contributed by atoms with Crippen LogP contribution in [0.1, 0.15) is 30.2 Å². The lowest BCUT2D eigenvalue weighted by Gasteiger charge is -2.16. The second-order valence-corrected chi connectivity index (χ2v) is 6.02. The third-order valence-corrected chi connectivity index (χ3v) is 4.34. The molecule has 0 atom stereocenters. The second-order valence-electron chi connectivity index (χ2n) is 5.62. The van der Waals surface area contributed by atoms with E-state index in [1.165, 1.54) is 0 Å². The maximum absolute atomic E-state index is 12.3. The first kappa shape index (κ1) is 15.7. The van der Waals surface area contributed by atoms with Crippen LogP contribution in [0.15, 0.2) is 29.3 Å². The van der Waals surface area contributed by atoms with E-state index in [1.54, 1.807) is 16.6 Å². The van der Waals surface area contributed by atoms with E-state index in [2.05, 4.69) is 17.0 Å². The predicted octanol–water partition coefficient (Wildman–Crippen LogP) is 2.84. The lowest BCUT2D eigenvalue weighted by molar-refractivity contribution is -0.117. The molecule has 1 aromatic carbocycles. The molecule has 0 saturated carbocycles. The number of aryl methyl sites for hydroxylation is 2. The molecule has 6 heteroatoms. The van der Waals surface area contributed by atoms with Gasteiger partial charge in [-0.15, -0.1) is 0 Å². The summed E-state index contributed by atoms with van der Waals surface area (Å²) in [4.78, 5) is 18.5. The van der Waals surface area contributed by atoms with Crippen molar-refractivity contribution in [2.45, 2.75) is 19.8 Å². The highest BCUT2D eigenvalue weighted by atomic mass is 35.5. The summed E-state index contributed by atoms with van der Waals surface area (Å²) in [5.41, 5.74) is 3.45. The Morgan fingerprint density at radius 1 is 1.26 bits per heavy atom. The highest BCUT2D eigenvalue weighted by Gasteiger charge is 2.30. The highest BCUT2D eigenvalue weighted by molar-refractivity contribution is 6.36. The maximum Gasteiger partial charge on any atom is 0.249 e. The van der Waals surface area contributed by atoms with Gasteiger partial charge in [0.05, 0.1) is 17.0 Å². The molecule has 0 saturated heterocycles. The predicted molar refractivity (Wildman–Crippen MR) is 92.6 cm³/mol. The number of rotatable bonds is 3. The number of hydrogen-bond donors (Lipinski definition) is 0. The first-order valence-electron chi connectivity index (χ1n) is 7.66. The Hall–Kier alpha value is -2.14. The number of benzene rings is 1. The Labute approximate surface area is 140 Å². The Kier molecular flexibility index (Phi) is 4.22.